The minimum Gasteiger partial charge on any atom is -0.384 e. The van der Waals surface area contributed by atoms with Crippen LogP contribution in [0.5, 0.6) is 0 Å². The Morgan fingerprint density at radius 2 is 1.95 bits per heavy atom. The first-order chi connectivity index (χ1) is 9.21. The molecular weight excluding hydrogens is 274 g/mol. The molecule has 20 heavy (non-hydrogen) atoms. The summed E-state index contributed by atoms with van der Waals surface area (Å²) in [6, 6.07) is 5.29. The quantitative estimate of drug-likeness (QED) is 0.840. The van der Waals surface area contributed by atoms with Crippen LogP contribution in [0.25, 0.3) is 0 Å². The monoisotopic (exact) mass is 295 g/mol. The largest absolute Gasteiger partial charge is 0.384 e. The van der Waals surface area contributed by atoms with E-state index in [4.69, 9.17) is 5.11 Å². The summed E-state index contributed by atoms with van der Waals surface area (Å²) in [6.07, 6.45) is 0.691. The highest BCUT2D eigenvalue weighted by Crippen LogP contribution is 2.23. The third kappa shape index (κ3) is 3.99. The molecule has 0 saturated carbocycles. The van der Waals surface area contributed by atoms with Crippen molar-refractivity contribution in [3.05, 3.63) is 29.3 Å². The smallest absolute Gasteiger partial charge is 0.237 e. The first-order valence-electron chi connectivity index (χ1n) is 6.46. The van der Waals surface area contributed by atoms with Gasteiger partial charge in [-0.25, -0.2) is 8.42 Å². The average Bonchev–Trinajstić information content (AvgIpc) is 2.35. The van der Waals surface area contributed by atoms with E-state index in [1.165, 1.54) is 0 Å². The molecule has 0 spiro atoms. The standard InChI is InChI=1S/C15H21NO3S/c1-5-13-11-12(7-6-10-17)8-9-14(13)16-20(18,19)15(2,3)4/h8-9,11,16-17H,5,10H2,1-4H3. The average molecular weight is 295 g/mol. The maximum atomic E-state index is 12.2. The van der Waals surface area contributed by atoms with Crippen molar-refractivity contribution < 1.29 is 13.5 Å². The molecule has 0 bridgehead atoms. The summed E-state index contributed by atoms with van der Waals surface area (Å²) >= 11 is 0. The highest BCUT2D eigenvalue weighted by molar-refractivity contribution is 7.94. The molecule has 0 saturated heterocycles. The Hall–Kier alpha value is -1.51. The fraction of sp³-hybridized carbons (Fsp3) is 0.467. The van der Waals surface area contributed by atoms with Crippen molar-refractivity contribution in [1.82, 2.24) is 0 Å². The summed E-state index contributed by atoms with van der Waals surface area (Å²) in [6.45, 7) is 6.72. The number of aryl methyl sites for hydroxylation is 1. The van der Waals surface area contributed by atoms with E-state index in [1.54, 1.807) is 32.9 Å². The van der Waals surface area contributed by atoms with Crippen molar-refractivity contribution >= 4 is 15.7 Å². The molecule has 0 aliphatic carbocycles. The second kappa shape index (κ2) is 6.29. The molecule has 0 aliphatic rings. The van der Waals surface area contributed by atoms with E-state index in [0.29, 0.717) is 12.1 Å². The van der Waals surface area contributed by atoms with E-state index in [1.807, 2.05) is 13.0 Å². The molecule has 4 nitrogen and oxygen atoms in total. The van der Waals surface area contributed by atoms with Gasteiger partial charge < -0.3 is 5.11 Å². The van der Waals surface area contributed by atoms with Gasteiger partial charge in [-0.05, 0) is 51.0 Å². The molecule has 2 N–H and O–H groups in total. The van der Waals surface area contributed by atoms with E-state index in [2.05, 4.69) is 16.6 Å². The van der Waals surface area contributed by atoms with Crippen molar-refractivity contribution in [2.45, 2.75) is 38.9 Å². The van der Waals surface area contributed by atoms with Crippen molar-refractivity contribution in [2.24, 2.45) is 0 Å². The normalized spacial score (nSPS) is 11.7. The highest BCUT2D eigenvalue weighted by Gasteiger charge is 2.29. The van der Waals surface area contributed by atoms with Crippen molar-refractivity contribution in [3.8, 4) is 11.8 Å². The number of nitrogens with one attached hydrogen (secondary N) is 1. The molecule has 0 radical (unpaired) electrons. The molecule has 0 atom stereocenters. The summed E-state index contributed by atoms with van der Waals surface area (Å²) < 4.78 is 26.1. The van der Waals surface area contributed by atoms with Gasteiger partial charge in [0.05, 0.1) is 10.4 Å². The van der Waals surface area contributed by atoms with Crippen LogP contribution in [0.1, 0.15) is 38.8 Å². The Balaban J connectivity index is 3.15. The van der Waals surface area contributed by atoms with Crippen LogP contribution in [-0.2, 0) is 16.4 Å². The summed E-state index contributed by atoms with van der Waals surface area (Å²) in [5, 5.41) is 8.69. The van der Waals surface area contributed by atoms with Gasteiger partial charge in [0, 0.05) is 5.56 Å². The van der Waals surface area contributed by atoms with Crippen LogP contribution in [0, 0.1) is 11.8 Å². The Bertz CT molecular complexity index is 631. The van der Waals surface area contributed by atoms with Crippen LogP contribution < -0.4 is 4.72 Å². The number of benzene rings is 1. The molecule has 0 aliphatic heterocycles. The zero-order valence-electron chi connectivity index (χ0n) is 12.3. The lowest BCUT2D eigenvalue weighted by molar-refractivity contribution is 0.350. The van der Waals surface area contributed by atoms with E-state index in [0.717, 1.165) is 11.1 Å². The van der Waals surface area contributed by atoms with E-state index in [9.17, 15) is 8.42 Å². The molecular formula is C15H21NO3S. The van der Waals surface area contributed by atoms with E-state index in [-0.39, 0.29) is 6.61 Å². The fourth-order valence-electron chi connectivity index (χ4n) is 1.50. The third-order valence-corrected chi connectivity index (χ3v) is 4.95. The second-order valence-electron chi connectivity index (χ2n) is 5.40. The Kier molecular flexibility index (Phi) is 5.21. The Morgan fingerprint density at radius 3 is 2.45 bits per heavy atom. The first-order valence-corrected chi connectivity index (χ1v) is 7.94. The molecule has 0 unspecified atom stereocenters. The number of aliphatic hydroxyl groups is 1. The lowest BCUT2D eigenvalue weighted by atomic mass is 10.1. The van der Waals surface area contributed by atoms with Gasteiger partial charge in [-0.3, -0.25) is 4.72 Å². The number of anilines is 1. The number of rotatable bonds is 3. The van der Waals surface area contributed by atoms with Crippen molar-refractivity contribution in [2.75, 3.05) is 11.3 Å². The van der Waals surface area contributed by atoms with Crippen molar-refractivity contribution in [1.29, 1.82) is 0 Å². The van der Waals surface area contributed by atoms with Gasteiger partial charge in [0.2, 0.25) is 10.0 Å². The van der Waals surface area contributed by atoms with Crippen molar-refractivity contribution in [3.63, 3.8) is 0 Å². The third-order valence-electron chi connectivity index (χ3n) is 2.85. The summed E-state index contributed by atoms with van der Waals surface area (Å²) in [4.78, 5) is 0. The van der Waals surface area contributed by atoms with Crippen LogP contribution in [0.15, 0.2) is 18.2 Å². The van der Waals surface area contributed by atoms with E-state index >= 15 is 0 Å². The summed E-state index contributed by atoms with van der Waals surface area (Å²) in [5.74, 6) is 5.39. The zero-order chi connectivity index (χ0) is 15.4. The molecule has 5 heteroatoms. The van der Waals surface area contributed by atoms with Crippen LogP contribution >= 0.6 is 0 Å². The maximum absolute atomic E-state index is 12.2. The van der Waals surface area contributed by atoms with Crippen LogP contribution in [0.4, 0.5) is 5.69 Å². The predicted octanol–water partition coefficient (Wildman–Crippen LogP) is 2.13. The number of aliphatic hydroxyl groups excluding tert-OH is 1. The molecule has 0 fully saturated rings. The molecule has 0 heterocycles. The molecule has 0 aromatic heterocycles. The minimum atomic E-state index is -3.44. The van der Waals surface area contributed by atoms with Gasteiger partial charge in [0.25, 0.3) is 0 Å². The Labute approximate surface area is 121 Å². The molecule has 110 valence electrons. The van der Waals surface area contributed by atoms with Crippen LogP contribution in [-0.4, -0.2) is 24.9 Å². The first kappa shape index (κ1) is 16.5. The summed E-state index contributed by atoms with van der Waals surface area (Å²) in [7, 11) is -3.44. The predicted molar refractivity (Wildman–Crippen MR) is 82.1 cm³/mol. The molecule has 1 rings (SSSR count). The fourth-order valence-corrected chi connectivity index (χ4v) is 2.30. The summed E-state index contributed by atoms with van der Waals surface area (Å²) in [5.41, 5.74) is 2.22. The molecule has 0 amide bonds. The zero-order valence-corrected chi connectivity index (χ0v) is 13.1. The van der Waals surface area contributed by atoms with Gasteiger partial charge in [0.15, 0.2) is 0 Å². The van der Waals surface area contributed by atoms with Gasteiger partial charge in [-0.15, -0.1) is 0 Å². The topological polar surface area (TPSA) is 66.4 Å². The number of sulfonamides is 1. The molecule has 1 aromatic rings. The van der Waals surface area contributed by atoms with Crippen LogP contribution in [0.3, 0.4) is 0 Å². The lowest BCUT2D eigenvalue weighted by Gasteiger charge is -2.21. The van der Waals surface area contributed by atoms with Crippen LogP contribution in [0.2, 0.25) is 0 Å². The maximum Gasteiger partial charge on any atom is 0.237 e. The molecule has 1 aromatic carbocycles. The van der Waals surface area contributed by atoms with Gasteiger partial charge >= 0.3 is 0 Å². The highest BCUT2D eigenvalue weighted by atomic mass is 32.2. The van der Waals surface area contributed by atoms with Gasteiger partial charge in [-0.1, -0.05) is 18.8 Å². The van der Waals surface area contributed by atoms with Gasteiger partial charge in [0.1, 0.15) is 6.61 Å². The SMILES string of the molecule is CCc1cc(C#CCO)ccc1NS(=O)(=O)C(C)(C)C. The Morgan fingerprint density at radius 1 is 1.30 bits per heavy atom. The number of hydrogen-bond acceptors (Lipinski definition) is 3. The lowest BCUT2D eigenvalue weighted by Crippen LogP contribution is -2.34. The van der Waals surface area contributed by atoms with E-state index < -0.39 is 14.8 Å². The second-order valence-corrected chi connectivity index (χ2v) is 7.84. The minimum absolute atomic E-state index is 0.195. The van der Waals surface area contributed by atoms with Gasteiger partial charge in [-0.2, -0.15) is 0 Å². The number of hydrogen-bond donors (Lipinski definition) is 2.